The smallest absolute Gasteiger partial charge is 0.355 e. The molecule has 16 heavy (non-hydrogen) atoms. The van der Waals surface area contributed by atoms with Gasteiger partial charge in [0.2, 0.25) is 0 Å². The van der Waals surface area contributed by atoms with Crippen LogP contribution in [-0.2, 0) is 11.3 Å². The van der Waals surface area contributed by atoms with E-state index in [1.807, 2.05) is 22.9 Å². The van der Waals surface area contributed by atoms with Gasteiger partial charge in [0.05, 0.1) is 16.8 Å². The molecule has 0 atom stereocenters. The van der Waals surface area contributed by atoms with Gasteiger partial charge < -0.3 is 9.30 Å². The van der Waals surface area contributed by atoms with Gasteiger partial charge in [0.15, 0.2) is 0 Å². The molecule has 2 heterocycles. The molecule has 0 N–H and O–H groups in total. The summed E-state index contributed by atoms with van der Waals surface area (Å²) in [6.45, 7) is 5.21. The first-order valence-corrected chi connectivity index (χ1v) is 6.39. The minimum atomic E-state index is -0.223. The van der Waals surface area contributed by atoms with Crippen molar-refractivity contribution < 1.29 is 9.53 Å². The molecule has 0 saturated carbocycles. The molecular formula is C12H15NO2S. The number of carbonyl (C=O) groups excluding carboxylic acids is 1. The van der Waals surface area contributed by atoms with Crippen LogP contribution in [0, 0.1) is 0 Å². The van der Waals surface area contributed by atoms with Gasteiger partial charge in [-0.15, -0.1) is 11.3 Å². The molecule has 0 fully saturated rings. The third-order valence-corrected chi connectivity index (χ3v) is 3.31. The maximum Gasteiger partial charge on any atom is 0.355 e. The largest absolute Gasteiger partial charge is 0.461 e. The zero-order chi connectivity index (χ0) is 11.5. The molecule has 2 aromatic rings. The summed E-state index contributed by atoms with van der Waals surface area (Å²) in [6.07, 6.45) is 1.01. The summed E-state index contributed by atoms with van der Waals surface area (Å²) in [6, 6.07) is 3.98. The van der Waals surface area contributed by atoms with Gasteiger partial charge >= 0.3 is 5.97 Å². The molecule has 0 aliphatic heterocycles. The van der Waals surface area contributed by atoms with E-state index in [4.69, 9.17) is 4.74 Å². The standard InChI is InChI=1S/C12H15NO2S/c1-3-6-13-9-5-7-16-11(9)8-10(13)12(14)15-4-2/h5,7-8H,3-4,6H2,1-2H3. The third kappa shape index (κ3) is 1.85. The molecule has 0 aromatic carbocycles. The molecule has 86 valence electrons. The van der Waals surface area contributed by atoms with E-state index in [0.717, 1.165) is 23.2 Å². The van der Waals surface area contributed by atoms with Crippen LogP contribution >= 0.6 is 11.3 Å². The maximum absolute atomic E-state index is 11.8. The second-order valence-electron chi connectivity index (χ2n) is 3.57. The Morgan fingerprint density at radius 2 is 2.31 bits per heavy atom. The molecule has 0 unspecified atom stereocenters. The van der Waals surface area contributed by atoms with E-state index in [-0.39, 0.29) is 5.97 Å². The fraction of sp³-hybridized carbons (Fsp3) is 0.417. The molecule has 0 amide bonds. The van der Waals surface area contributed by atoms with E-state index in [2.05, 4.69) is 13.0 Å². The van der Waals surface area contributed by atoms with Gasteiger partial charge in [0, 0.05) is 6.54 Å². The lowest BCUT2D eigenvalue weighted by Gasteiger charge is -2.07. The van der Waals surface area contributed by atoms with Crippen LogP contribution in [0.1, 0.15) is 30.8 Å². The van der Waals surface area contributed by atoms with Crippen molar-refractivity contribution in [3.8, 4) is 0 Å². The predicted molar refractivity (Wildman–Crippen MR) is 66.1 cm³/mol. The first-order valence-electron chi connectivity index (χ1n) is 5.51. The molecule has 0 aliphatic carbocycles. The van der Waals surface area contributed by atoms with Gasteiger partial charge in [0.25, 0.3) is 0 Å². The summed E-state index contributed by atoms with van der Waals surface area (Å²) in [7, 11) is 0. The van der Waals surface area contributed by atoms with E-state index in [1.165, 1.54) is 0 Å². The Bertz CT molecular complexity index is 498. The van der Waals surface area contributed by atoms with E-state index < -0.39 is 0 Å². The van der Waals surface area contributed by atoms with Gasteiger partial charge in [-0.25, -0.2) is 4.79 Å². The highest BCUT2D eigenvalue weighted by atomic mass is 32.1. The Hall–Kier alpha value is -1.29. The molecule has 0 radical (unpaired) electrons. The van der Waals surface area contributed by atoms with Gasteiger partial charge in [0.1, 0.15) is 5.69 Å². The van der Waals surface area contributed by atoms with Crippen molar-refractivity contribution in [1.29, 1.82) is 0 Å². The Balaban J connectivity index is 2.46. The Kier molecular flexibility index (Phi) is 3.29. The highest BCUT2D eigenvalue weighted by Crippen LogP contribution is 2.26. The molecule has 3 nitrogen and oxygen atoms in total. The summed E-state index contributed by atoms with van der Waals surface area (Å²) in [5.41, 5.74) is 1.81. The van der Waals surface area contributed by atoms with Crippen molar-refractivity contribution in [2.24, 2.45) is 0 Å². The fourth-order valence-corrected chi connectivity index (χ4v) is 2.64. The van der Waals surface area contributed by atoms with Gasteiger partial charge in [-0.1, -0.05) is 6.92 Å². The number of ether oxygens (including phenoxy) is 1. The number of thiophene rings is 1. The van der Waals surface area contributed by atoms with Crippen LogP contribution in [-0.4, -0.2) is 17.1 Å². The lowest BCUT2D eigenvalue weighted by Crippen LogP contribution is -2.11. The summed E-state index contributed by atoms with van der Waals surface area (Å²) in [5, 5.41) is 2.05. The highest BCUT2D eigenvalue weighted by molar-refractivity contribution is 7.17. The number of fused-ring (bicyclic) bond motifs is 1. The number of carbonyl (C=O) groups is 1. The van der Waals surface area contributed by atoms with Gasteiger partial charge in [-0.05, 0) is 30.9 Å². The Morgan fingerprint density at radius 3 is 3.00 bits per heavy atom. The van der Waals surface area contributed by atoms with E-state index >= 15 is 0 Å². The molecule has 0 spiro atoms. The van der Waals surface area contributed by atoms with Crippen LogP contribution in [0.15, 0.2) is 17.5 Å². The molecular weight excluding hydrogens is 222 g/mol. The number of aryl methyl sites for hydroxylation is 1. The summed E-state index contributed by atoms with van der Waals surface area (Å²) >= 11 is 1.66. The topological polar surface area (TPSA) is 31.2 Å². The van der Waals surface area contributed by atoms with Crippen molar-refractivity contribution in [2.45, 2.75) is 26.8 Å². The van der Waals surface area contributed by atoms with Crippen molar-refractivity contribution >= 4 is 27.5 Å². The van der Waals surface area contributed by atoms with Crippen molar-refractivity contribution in [2.75, 3.05) is 6.61 Å². The molecule has 2 aromatic heterocycles. The van der Waals surface area contributed by atoms with Gasteiger partial charge in [-0.3, -0.25) is 0 Å². The fourth-order valence-electron chi connectivity index (χ4n) is 1.82. The van der Waals surface area contributed by atoms with E-state index in [0.29, 0.717) is 12.3 Å². The highest BCUT2D eigenvalue weighted by Gasteiger charge is 2.16. The normalized spacial score (nSPS) is 10.9. The zero-order valence-corrected chi connectivity index (χ0v) is 10.3. The molecule has 4 heteroatoms. The van der Waals surface area contributed by atoms with Crippen molar-refractivity contribution in [1.82, 2.24) is 4.57 Å². The zero-order valence-electron chi connectivity index (χ0n) is 9.53. The Morgan fingerprint density at radius 1 is 1.50 bits per heavy atom. The van der Waals surface area contributed by atoms with Crippen molar-refractivity contribution in [3.63, 3.8) is 0 Å². The molecule has 0 aliphatic rings. The lowest BCUT2D eigenvalue weighted by atomic mass is 10.4. The van der Waals surface area contributed by atoms with Crippen LogP contribution in [0.4, 0.5) is 0 Å². The van der Waals surface area contributed by atoms with E-state index in [1.54, 1.807) is 11.3 Å². The van der Waals surface area contributed by atoms with Crippen LogP contribution in [0.3, 0.4) is 0 Å². The average molecular weight is 237 g/mol. The average Bonchev–Trinajstić information content (AvgIpc) is 2.81. The minimum absolute atomic E-state index is 0.223. The number of hydrogen-bond donors (Lipinski definition) is 0. The monoisotopic (exact) mass is 237 g/mol. The van der Waals surface area contributed by atoms with Crippen LogP contribution in [0.2, 0.25) is 0 Å². The van der Waals surface area contributed by atoms with Crippen LogP contribution < -0.4 is 0 Å². The van der Waals surface area contributed by atoms with Crippen LogP contribution in [0.25, 0.3) is 10.2 Å². The quantitative estimate of drug-likeness (QED) is 0.764. The first-order chi connectivity index (χ1) is 7.77. The summed E-state index contributed by atoms with van der Waals surface area (Å²) < 4.78 is 8.25. The SMILES string of the molecule is CCCn1c(C(=O)OCC)cc2sccc21. The van der Waals surface area contributed by atoms with E-state index in [9.17, 15) is 4.79 Å². The maximum atomic E-state index is 11.8. The first kappa shape index (κ1) is 11.2. The number of aromatic nitrogens is 1. The van der Waals surface area contributed by atoms with Crippen LogP contribution in [0.5, 0.6) is 0 Å². The number of hydrogen-bond acceptors (Lipinski definition) is 3. The summed E-state index contributed by atoms with van der Waals surface area (Å²) in [4.78, 5) is 11.8. The minimum Gasteiger partial charge on any atom is -0.461 e. The Labute approximate surface area is 98.6 Å². The van der Waals surface area contributed by atoms with Crippen molar-refractivity contribution in [3.05, 3.63) is 23.2 Å². The summed E-state index contributed by atoms with van der Waals surface area (Å²) in [5.74, 6) is -0.223. The third-order valence-electron chi connectivity index (χ3n) is 2.45. The second-order valence-corrected chi connectivity index (χ2v) is 4.52. The molecule has 2 rings (SSSR count). The lowest BCUT2D eigenvalue weighted by molar-refractivity contribution is 0.0514. The molecule has 0 saturated heterocycles. The second kappa shape index (κ2) is 4.70. The van der Waals surface area contributed by atoms with Gasteiger partial charge in [-0.2, -0.15) is 0 Å². The number of esters is 1. The number of nitrogens with zero attached hydrogens (tertiary/aromatic N) is 1. The number of rotatable bonds is 4. The predicted octanol–water partition coefficient (Wildman–Crippen LogP) is 3.29. The molecule has 0 bridgehead atoms.